The molecule has 0 saturated carbocycles. The summed E-state index contributed by atoms with van der Waals surface area (Å²) in [5, 5.41) is 6.46. The second-order valence-electron chi connectivity index (χ2n) is 4.13. The van der Waals surface area contributed by atoms with E-state index in [0.717, 1.165) is 30.4 Å². The van der Waals surface area contributed by atoms with Crippen molar-refractivity contribution in [1.29, 1.82) is 0 Å². The molecule has 0 atom stereocenters. The molecule has 0 fully saturated rings. The molecular formula is C15H26IN3O2. The highest BCUT2D eigenvalue weighted by Crippen LogP contribution is 2.12. The van der Waals surface area contributed by atoms with Gasteiger partial charge >= 0.3 is 0 Å². The van der Waals surface area contributed by atoms with E-state index in [9.17, 15) is 0 Å². The van der Waals surface area contributed by atoms with Crippen molar-refractivity contribution in [3.8, 4) is 5.75 Å². The molecule has 120 valence electrons. The number of guanidine groups is 1. The van der Waals surface area contributed by atoms with E-state index in [4.69, 9.17) is 9.47 Å². The summed E-state index contributed by atoms with van der Waals surface area (Å²) in [7, 11) is 1.76. The molecule has 0 aromatic heterocycles. The van der Waals surface area contributed by atoms with Gasteiger partial charge < -0.3 is 20.1 Å². The molecule has 21 heavy (non-hydrogen) atoms. The molecule has 0 saturated heterocycles. The van der Waals surface area contributed by atoms with Crippen LogP contribution in [0.2, 0.25) is 0 Å². The number of hydrogen-bond acceptors (Lipinski definition) is 3. The van der Waals surface area contributed by atoms with Crippen molar-refractivity contribution >= 4 is 29.9 Å². The zero-order chi connectivity index (χ0) is 14.6. The van der Waals surface area contributed by atoms with Crippen molar-refractivity contribution in [2.24, 2.45) is 4.99 Å². The topological polar surface area (TPSA) is 54.9 Å². The lowest BCUT2D eigenvalue weighted by Crippen LogP contribution is -2.38. The van der Waals surface area contributed by atoms with Crippen molar-refractivity contribution in [2.75, 3.05) is 33.4 Å². The fourth-order valence-corrected chi connectivity index (χ4v) is 1.70. The SMILES string of the molecule is CCOCCNC(=NC)NCc1cccc(OCC)c1.I. The molecule has 5 nitrogen and oxygen atoms in total. The lowest BCUT2D eigenvalue weighted by atomic mass is 10.2. The van der Waals surface area contributed by atoms with E-state index >= 15 is 0 Å². The minimum absolute atomic E-state index is 0. The van der Waals surface area contributed by atoms with Gasteiger partial charge in [-0.2, -0.15) is 0 Å². The first-order chi connectivity index (χ1) is 9.80. The second-order valence-corrected chi connectivity index (χ2v) is 4.13. The molecule has 0 bridgehead atoms. The summed E-state index contributed by atoms with van der Waals surface area (Å²) < 4.78 is 10.8. The molecule has 1 aromatic rings. The number of ether oxygens (including phenoxy) is 2. The number of nitrogens with zero attached hydrogens (tertiary/aromatic N) is 1. The van der Waals surface area contributed by atoms with Crippen LogP contribution in [0.4, 0.5) is 0 Å². The molecule has 0 amide bonds. The van der Waals surface area contributed by atoms with Gasteiger partial charge in [0, 0.05) is 26.7 Å². The van der Waals surface area contributed by atoms with Crippen molar-refractivity contribution in [1.82, 2.24) is 10.6 Å². The molecule has 1 rings (SSSR count). The Morgan fingerprint density at radius 3 is 2.67 bits per heavy atom. The van der Waals surface area contributed by atoms with E-state index in [1.807, 2.05) is 32.0 Å². The van der Waals surface area contributed by atoms with E-state index in [2.05, 4.69) is 21.7 Å². The molecule has 6 heteroatoms. The molecule has 0 radical (unpaired) electrons. The molecule has 1 aromatic carbocycles. The van der Waals surface area contributed by atoms with Gasteiger partial charge in [0.1, 0.15) is 5.75 Å². The van der Waals surface area contributed by atoms with Crippen LogP contribution < -0.4 is 15.4 Å². The highest BCUT2D eigenvalue weighted by molar-refractivity contribution is 14.0. The number of aliphatic imine (C=N–C) groups is 1. The van der Waals surface area contributed by atoms with Crippen LogP contribution in [-0.4, -0.2) is 39.4 Å². The Labute approximate surface area is 144 Å². The summed E-state index contributed by atoms with van der Waals surface area (Å²) in [5.74, 6) is 1.66. The van der Waals surface area contributed by atoms with Crippen molar-refractivity contribution in [2.45, 2.75) is 20.4 Å². The van der Waals surface area contributed by atoms with E-state index in [-0.39, 0.29) is 24.0 Å². The molecule has 0 spiro atoms. The lowest BCUT2D eigenvalue weighted by molar-refractivity contribution is 0.152. The summed E-state index contributed by atoms with van der Waals surface area (Å²) in [4.78, 5) is 4.17. The molecular weight excluding hydrogens is 381 g/mol. The Morgan fingerprint density at radius 2 is 2.00 bits per heavy atom. The summed E-state index contributed by atoms with van der Waals surface area (Å²) in [5.41, 5.74) is 1.16. The van der Waals surface area contributed by atoms with E-state index < -0.39 is 0 Å². The van der Waals surface area contributed by atoms with Crippen LogP contribution in [0, 0.1) is 0 Å². The number of benzene rings is 1. The summed E-state index contributed by atoms with van der Waals surface area (Å²) in [6.07, 6.45) is 0. The highest BCUT2D eigenvalue weighted by atomic mass is 127. The van der Waals surface area contributed by atoms with Gasteiger partial charge in [0.25, 0.3) is 0 Å². The van der Waals surface area contributed by atoms with E-state index in [1.54, 1.807) is 7.05 Å². The standard InChI is InChI=1S/C15H25N3O2.HI/c1-4-19-10-9-17-15(16-3)18-12-13-7-6-8-14(11-13)20-5-2;/h6-8,11H,4-5,9-10,12H2,1-3H3,(H2,16,17,18);1H. The minimum Gasteiger partial charge on any atom is -0.494 e. The van der Waals surface area contributed by atoms with Gasteiger partial charge in [0.2, 0.25) is 0 Å². The summed E-state index contributed by atoms with van der Waals surface area (Å²) in [6.45, 7) is 7.50. The molecule has 2 N–H and O–H groups in total. The van der Waals surface area contributed by atoms with Crippen LogP contribution in [0.3, 0.4) is 0 Å². The Kier molecular flexibility index (Phi) is 12.1. The Balaban J connectivity index is 0.00000400. The van der Waals surface area contributed by atoms with Gasteiger partial charge in [-0.25, -0.2) is 0 Å². The minimum atomic E-state index is 0. The van der Waals surface area contributed by atoms with Crippen LogP contribution >= 0.6 is 24.0 Å². The van der Waals surface area contributed by atoms with Crippen LogP contribution in [0.15, 0.2) is 29.3 Å². The monoisotopic (exact) mass is 407 g/mol. The largest absolute Gasteiger partial charge is 0.494 e. The zero-order valence-electron chi connectivity index (χ0n) is 13.0. The van der Waals surface area contributed by atoms with Crippen molar-refractivity contribution in [3.63, 3.8) is 0 Å². The summed E-state index contributed by atoms with van der Waals surface area (Å²) in [6, 6.07) is 8.04. The molecule has 0 unspecified atom stereocenters. The van der Waals surface area contributed by atoms with Crippen LogP contribution in [0.5, 0.6) is 5.75 Å². The third-order valence-electron chi connectivity index (χ3n) is 2.64. The lowest BCUT2D eigenvalue weighted by Gasteiger charge is -2.12. The maximum atomic E-state index is 5.48. The third kappa shape index (κ3) is 8.77. The van der Waals surface area contributed by atoms with Gasteiger partial charge in [-0.15, -0.1) is 24.0 Å². The van der Waals surface area contributed by atoms with E-state index in [1.165, 1.54) is 0 Å². The first-order valence-corrected chi connectivity index (χ1v) is 7.04. The van der Waals surface area contributed by atoms with Crippen LogP contribution in [0.25, 0.3) is 0 Å². The predicted octanol–water partition coefficient (Wildman–Crippen LogP) is 2.40. The van der Waals surface area contributed by atoms with E-state index in [0.29, 0.717) is 19.8 Å². The Hall–Kier alpha value is -1.02. The van der Waals surface area contributed by atoms with Gasteiger partial charge in [-0.1, -0.05) is 12.1 Å². The van der Waals surface area contributed by atoms with Crippen LogP contribution in [0.1, 0.15) is 19.4 Å². The summed E-state index contributed by atoms with van der Waals surface area (Å²) >= 11 is 0. The third-order valence-corrected chi connectivity index (χ3v) is 2.64. The normalized spacial score (nSPS) is 10.7. The van der Waals surface area contributed by atoms with Crippen molar-refractivity contribution in [3.05, 3.63) is 29.8 Å². The fourth-order valence-electron chi connectivity index (χ4n) is 1.70. The molecule has 0 heterocycles. The average Bonchev–Trinajstić information content (AvgIpc) is 2.47. The number of rotatable bonds is 8. The Bertz CT molecular complexity index is 414. The Morgan fingerprint density at radius 1 is 1.19 bits per heavy atom. The fraction of sp³-hybridized carbons (Fsp3) is 0.533. The quantitative estimate of drug-likeness (QED) is 0.301. The van der Waals surface area contributed by atoms with Gasteiger partial charge in [-0.05, 0) is 31.5 Å². The van der Waals surface area contributed by atoms with Crippen LogP contribution in [-0.2, 0) is 11.3 Å². The maximum absolute atomic E-state index is 5.48. The first kappa shape index (κ1) is 20.0. The maximum Gasteiger partial charge on any atom is 0.191 e. The number of hydrogen-bond donors (Lipinski definition) is 2. The first-order valence-electron chi connectivity index (χ1n) is 7.04. The van der Waals surface area contributed by atoms with Crippen molar-refractivity contribution < 1.29 is 9.47 Å². The average molecular weight is 407 g/mol. The number of halogens is 1. The smallest absolute Gasteiger partial charge is 0.191 e. The predicted molar refractivity (Wildman–Crippen MR) is 97.7 cm³/mol. The van der Waals surface area contributed by atoms with Gasteiger partial charge in [0.15, 0.2) is 5.96 Å². The number of nitrogens with one attached hydrogen (secondary N) is 2. The molecule has 0 aliphatic carbocycles. The highest BCUT2D eigenvalue weighted by Gasteiger charge is 1.99. The second kappa shape index (κ2) is 12.7. The van der Waals surface area contributed by atoms with Gasteiger partial charge in [-0.3, -0.25) is 4.99 Å². The molecule has 0 aliphatic rings. The molecule has 0 aliphatic heterocycles. The van der Waals surface area contributed by atoms with Gasteiger partial charge in [0.05, 0.1) is 13.2 Å². The zero-order valence-corrected chi connectivity index (χ0v) is 15.3.